The van der Waals surface area contributed by atoms with E-state index in [0.29, 0.717) is 5.92 Å². The van der Waals surface area contributed by atoms with Crippen LogP contribution in [0.15, 0.2) is 12.3 Å². The fraction of sp³-hybridized carbons (Fsp3) is 0.786. The molecule has 7 heteroatoms. The van der Waals surface area contributed by atoms with Gasteiger partial charge in [-0.15, -0.1) is 24.8 Å². The van der Waals surface area contributed by atoms with E-state index in [4.69, 9.17) is 0 Å². The Bertz CT molecular complexity index is 388. The fourth-order valence-corrected chi connectivity index (χ4v) is 3.40. The zero-order valence-corrected chi connectivity index (χ0v) is 13.9. The number of aromatic nitrogens is 2. The molecule has 2 aliphatic rings. The summed E-state index contributed by atoms with van der Waals surface area (Å²) in [5.74, 6) is 0.609. The van der Waals surface area contributed by atoms with Crippen LogP contribution in [0.3, 0.4) is 0 Å². The normalized spacial score (nSPS) is 27.7. The first kappa shape index (κ1) is 18.7. The number of H-pyrrole nitrogens is 1. The number of nitrogens with one attached hydrogen (secondary N) is 2. The predicted octanol–water partition coefficient (Wildman–Crippen LogP) is 1.55. The largest absolute Gasteiger partial charge is 0.387 e. The van der Waals surface area contributed by atoms with Crippen molar-refractivity contribution in [3.05, 3.63) is 18.0 Å². The molecule has 122 valence electrons. The van der Waals surface area contributed by atoms with Gasteiger partial charge in [-0.25, -0.2) is 0 Å². The Morgan fingerprint density at radius 3 is 2.67 bits per heavy atom. The Morgan fingerprint density at radius 1 is 1.33 bits per heavy atom. The number of hydrogen-bond acceptors (Lipinski definition) is 4. The van der Waals surface area contributed by atoms with Crippen LogP contribution in [0.4, 0.5) is 0 Å². The summed E-state index contributed by atoms with van der Waals surface area (Å²) < 4.78 is 0. The third-order valence-electron chi connectivity index (χ3n) is 4.52. The Morgan fingerprint density at radius 2 is 2.10 bits per heavy atom. The molecule has 21 heavy (non-hydrogen) atoms. The first-order valence-corrected chi connectivity index (χ1v) is 7.40. The average Bonchev–Trinajstić information content (AvgIpc) is 2.94. The molecule has 2 fully saturated rings. The van der Waals surface area contributed by atoms with Crippen LogP contribution in [0.5, 0.6) is 0 Å². The van der Waals surface area contributed by atoms with E-state index in [1.807, 2.05) is 6.20 Å². The number of aromatic amines is 1. The van der Waals surface area contributed by atoms with E-state index in [-0.39, 0.29) is 24.8 Å². The van der Waals surface area contributed by atoms with Gasteiger partial charge in [-0.3, -0.25) is 5.10 Å². The molecule has 0 aromatic carbocycles. The molecule has 0 bridgehead atoms. The topological polar surface area (TPSA) is 64.2 Å². The molecular weight excluding hydrogens is 311 g/mol. The van der Waals surface area contributed by atoms with Gasteiger partial charge in [-0.2, -0.15) is 5.10 Å². The number of rotatable bonds is 3. The Kier molecular flexibility index (Phi) is 7.44. The summed E-state index contributed by atoms with van der Waals surface area (Å²) in [5, 5.41) is 21.0. The van der Waals surface area contributed by atoms with Crippen molar-refractivity contribution >= 4 is 24.8 Å². The maximum Gasteiger partial charge on any atom is 0.0898 e. The van der Waals surface area contributed by atoms with Crippen LogP contribution < -0.4 is 5.32 Å². The molecule has 3 N–H and O–H groups in total. The highest BCUT2D eigenvalue weighted by molar-refractivity contribution is 5.85. The molecule has 3 rings (SSSR count). The molecule has 3 heterocycles. The van der Waals surface area contributed by atoms with Gasteiger partial charge in [0, 0.05) is 30.9 Å². The minimum atomic E-state index is -0.515. The predicted molar refractivity (Wildman–Crippen MR) is 88.6 cm³/mol. The number of halogens is 2. The van der Waals surface area contributed by atoms with Gasteiger partial charge < -0.3 is 15.3 Å². The van der Waals surface area contributed by atoms with E-state index in [2.05, 4.69) is 26.5 Å². The zero-order valence-electron chi connectivity index (χ0n) is 12.3. The summed E-state index contributed by atoms with van der Waals surface area (Å²) in [4.78, 5) is 2.42. The number of aliphatic hydroxyl groups is 1. The minimum Gasteiger partial charge on any atom is -0.387 e. The Labute approximate surface area is 138 Å². The molecule has 0 spiro atoms. The van der Waals surface area contributed by atoms with Crippen LogP contribution in [0, 0.1) is 0 Å². The molecule has 1 aromatic rings. The number of likely N-dealkylation sites (tertiary alicyclic amines) is 1. The Hall–Kier alpha value is -0.330. The lowest BCUT2D eigenvalue weighted by Crippen LogP contribution is -2.54. The molecule has 2 saturated heterocycles. The highest BCUT2D eigenvalue weighted by Crippen LogP contribution is 2.28. The molecule has 5 nitrogen and oxygen atoms in total. The maximum atomic E-state index is 10.6. The van der Waals surface area contributed by atoms with Crippen LogP contribution >= 0.6 is 24.8 Å². The number of hydrogen-bond donors (Lipinski definition) is 3. The van der Waals surface area contributed by atoms with Crippen molar-refractivity contribution in [2.24, 2.45) is 0 Å². The van der Waals surface area contributed by atoms with Gasteiger partial charge in [-0.05, 0) is 51.4 Å². The molecule has 1 unspecified atom stereocenters. The van der Waals surface area contributed by atoms with Crippen LogP contribution in [-0.2, 0) is 0 Å². The monoisotopic (exact) mass is 336 g/mol. The van der Waals surface area contributed by atoms with E-state index in [1.165, 1.54) is 5.69 Å². The van der Waals surface area contributed by atoms with E-state index in [0.717, 1.165) is 58.4 Å². The van der Waals surface area contributed by atoms with Crippen molar-refractivity contribution in [2.75, 3.05) is 32.7 Å². The summed E-state index contributed by atoms with van der Waals surface area (Å²) in [6, 6.07) is 2.08. The van der Waals surface area contributed by atoms with Crippen molar-refractivity contribution in [1.82, 2.24) is 20.4 Å². The highest BCUT2D eigenvalue weighted by Gasteiger charge is 2.33. The zero-order chi connectivity index (χ0) is 13.1. The van der Waals surface area contributed by atoms with Crippen molar-refractivity contribution in [1.29, 1.82) is 0 Å². The second kappa shape index (κ2) is 8.34. The molecule has 1 aromatic heterocycles. The van der Waals surface area contributed by atoms with Gasteiger partial charge in [-0.1, -0.05) is 0 Å². The van der Waals surface area contributed by atoms with E-state index >= 15 is 0 Å². The van der Waals surface area contributed by atoms with Crippen molar-refractivity contribution in [3.63, 3.8) is 0 Å². The summed E-state index contributed by atoms with van der Waals surface area (Å²) in [5.41, 5.74) is 0.747. The van der Waals surface area contributed by atoms with Gasteiger partial charge in [0.25, 0.3) is 0 Å². The van der Waals surface area contributed by atoms with Gasteiger partial charge >= 0.3 is 0 Å². The molecule has 0 amide bonds. The Balaban J connectivity index is 0.00000110. The summed E-state index contributed by atoms with van der Waals surface area (Å²) >= 11 is 0. The smallest absolute Gasteiger partial charge is 0.0898 e. The standard InChI is InChI=1S/C14H24N4O.2ClH/c19-14(5-1-6-15-10-14)11-18-8-3-12(4-9-18)13-2-7-16-17-13;;/h2,7,12,15,19H,1,3-6,8-11H2,(H,16,17);2*1H. The third kappa shape index (κ3) is 4.83. The van der Waals surface area contributed by atoms with E-state index < -0.39 is 5.60 Å². The minimum absolute atomic E-state index is 0. The molecule has 0 aliphatic carbocycles. The second-order valence-electron chi connectivity index (χ2n) is 6.07. The molecule has 1 atom stereocenters. The molecule has 0 saturated carbocycles. The number of piperidine rings is 2. The highest BCUT2D eigenvalue weighted by atomic mass is 35.5. The lowest BCUT2D eigenvalue weighted by molar-refractivity contribution is -0.0204. The summed E-state index contributed by atoms with van der Waals surface area (Å²) in [6.07, 6.45) is 6.16. The van der Waals surface area contributed by atoms with Crippen LogP contribution in [0.2, 0.25) is 0 Å². The first-order valence-electron chi connectivity index (χ1n) is 7.40. The van der Waals surface area contributed by atoms with Crippen molar-refractivity contribution in [2.45, 2.75) is 37.2 Å². The average molecular weight is 337 g/mol. The first-order chi connectivity index (χ1) is 9.25. The lowest BCUT2D eigenvalue weighted by atomic mass is 9.90. The second-order valence-corrected chi connectivity index (χ2v) is 6.07. The van der Waals surface area contributed by atoms with E-state index in [9.17, 15) is 5.11 Å². The number of nitrogens with zero attached hydrogens (tertiary/aromatic N) is 2. The van der Waals surface area contributed by atoms with Gasteiger partial charge in [0.2, 0.25) is 0 Å². The quantitative estimate of drug-likeness (QED) is 0.783. The van der Waals surface area contributed by atoms with Gasteiger partial charge in [0.05, 0.1) is 5.60 Å². The number of β-amino-alcohol motifs (C(OH)–C–C–N with tert-alkyl or cyclic N) is 1. The van der Waals surface area contributed by atoms with Crippen LogP contribution in [0.1, 0.15) is 37.3 Å². The molecule has 2 aliphatic heterocycles. The van der Waals surface area contributed by atoms with Gasteiger partial charge in [0.1, 0.15) is 0 Å². The van der Waals surface area contributed by atoms with Crippen molar-refractivity contribution in [3.8, 4) is 0 Å². The maximum absolute atomic E-state index is 10.6. The van der Waals surface area contributed by atoms with Crippen LogP contribution in [0.25, 0.3) is 0 Å². The van der Waals surface area contributed by atoms with Crippen LogP contribution in [-0.4, -0.2) is 58.5 Å². The fourth-order valence-electron chi connectivity index (χ4n) is 3.40. The summed E-state index contributed by atoms with van der Waals surface area (Å²) in [6.45, 7) is 4.76. The van der Waals surface area contributed by atoms with Crippen molar-refractivity contribution < 1.29 is 5.11 Å². The summed E-state index contributed by atoms with van der Waals surface area (Å²) in [7, 11) is 0. The lowest BCUT2D eigenvalue weighted by Gasteiger charge is -2.40. The van der Waals surface area contributed by atoms with Gasteiger partial charge in [0.15, 0.2) is 0 Å². The SMILES string of the molecule is Cl.Cl.OC1(CN2CCC(c3ccn[nH]3)CC2)CCCNC1. The van der Waals surface area contributed by atoms with E-state index in [1.54, 1.807) is 0 Å². The molecule has 0 radical (unpaired) electrons. The molecular formula is C14H26Cl2N4O. The third-order valence-corrected chi connectivity index (χ3v) is 4.52.